The van der Waals surface area contributed by atoms with Gasteiger partial charge in [0.2, 0.25) is 5.91 Å². The maximum Gasteiger partial charge on any atom is 0.241 e. The highest BCUT2D eigenvalue weighted by Gasteiger charge is 2.23. The summed E-state index contributed by atoms with van der Waals surface area (Å²) in [5.74, 6) is 0.0886. The summed E-state index contributed by atoms with van der Waals surface area (Å²) in [5.41, 5.74) is 1.05. The number of hydrogen-bond donors (Lipinski definition) is 2. The van der Waals surface area contributed by atoms with Crippen molar-refractivity contribution in [3.63, 3.8) is 0 Å². The summed E-state index contributed by atoms with van der Waals surface area (Å²) in [6, 6.07) is 9.78. The number of nitrogens with one attached hydrogen (secondary N) is 2. The Kier molecular flexibility index (Phi) is 6.83. The lowest BCUT2D eigenvalue weighted by Crippen LogP contribution is -2.47. The predicted octanol–water partition coefficient (Wildman–Crippen LogP) is 0.701. The normalized spacial score (nSPS) is 17.4. The number of piperazine rings is 1. The molecule has 1 heterocycles. The summed E-state index contributed by atoms with van der Waals surface area (Å²) in [6.45, 7) is 8.75. The number of likely N-dealkylation sites (N-methyl/N-ethyl adjacent to an activating group) is 1. The van der Waals surface area contributed by atoms with Gasteiger partial charge in [-0.15, -0.1) is 0 Å². The van der Waals surface area contributed by atoms with Crippen molar-refractivity contribution in [2.45, 2.75) is 13.0 Å². The van der Waals surface area contributed by atoms with Crippen LogP contribution in [0, 0.1) is 0 Å². The predicted molar refractivity (Wildman–Crippen MR) is 89.8 cm³/mol. The lowest BCUT2D eigenvalue weighted by Gasteiger charge is -2.29. The van der Waals surface area contributed by atoms with Crippen LogP contribution in [-0.2, 0) is 4.79 Å². The summed E-state index contributed by atoms with van der Waals surface area (Å²) in [6.07, 6.45) is 0. The zero-order valence-corrected chi connectivity index (χ0v) is 13.7. The Bertz CT molecular complexity index is 445. The maximum absolute atomic E-state index is 12.6. The average Bonchev–Trinajstić information content (AvgIpc) is 2.57. The molecule has 1 aliphatic heterocycles. The number of amides is 1. The molecular weight excluding hydrogens is 276 g/mol. The smallest absolute Gasteiger partial charge is 0.241 e. The van der Waals surface area contributed by atoms with Crippen LogP contribution in [0.1, 0.15) is 18.5 Å². The monoisotopic (exact) mass is 304 g/mol. The van der Waals surface area contributed by atoms with E-state index in [4.69, 9.17) is 0 Å². The van der Waals surface area contributed by atoms with Gasteiger partial charge < -0.3 is 10.6 Å². The van der Waals surface area contributed by atoms with Gasteiger partial charge in [0.25, 0.3) is 0 Å². The second-order valence-corrected chi connectivity index (χ2v) is 5.77. The first-order chi connectivity index (χ1) is 10.7. The Hall–Kier alpha value is -1.43. The summed E-state index contributed by atoms with van der Waals surface area (Å²) in [7, 11) is 1.99. The number of rotatable bonds is 7. The Labute approximate surface area is 133 Å². The number of carbonyl (C=O) groups excluding carboxylic acids is 1. The zero-order valence-electron chi connectivity index (χ0n) is 13.7. The van der Waals surface area contributed by atoms with Crippen LogP contribution in [0.5, 0.6) is 0 Å². The van der Waals surface area contributed by atoms with E-state index in [-0.39, 0.29) is 11.9 Å². The molecule has 1 unspecified atom stereocenters. The maximum atomic E-state index is 12.6. The van der Waals surface area contributed by atoms with E-state index in [2.05, 4.69) is 27.4 Å². The molecule has 0 radical (unpaired) electrons. The first kappa shape index (κ1) is 16.9. The summed E-state index contributed by atoms with van der Waals surface area (Å²) in [5, 5.41) is 6.44. The van der Waals surface area contributed by atoms with Crippen molar-refractivity contribution >= 4 is 5.91 Å². The van der Waals surface area contributed by atoms with E-state index in [1.54, 1.807) is 0 Å². The van der Waals surface area contributed by atoms with Crippen molar-refractivity contribution in [1.29, 1.82) is 0 Å². The van der Waals surface area contributed by atoms with Crippen LogP contribution < -0.4 is 10.6 Å². The SMILES string of the molecule is CCN(C)C(C(=O)NCCN1CCNCC1)c1ccccc1. The molecule has 2 N–H and O–H groups in total. The first-order valence-electron chi connectivity index (χ1n) is 8.18. The van der Waals surface area contributed by atoms with Gasteiger partial charge in [0, 0.05) is 39.3 Å². The van der Waals surface area contributed by atoms with E-state index >= 15 is 0 Å². The van der Waals surface area contributed by atoms with E-state index < -0.39 is 0 Å². The minimum absolute atomic E-state index is 0.0886. The van der Waals surface area contributed by atoms with Crippen molar-refractivity contribution in [2.75, 3.05) is 52.9 Å². The van der Waals surface area contributed by atoms with Crippen LogP contribution in [-0.4, -0.2) is 68.6 Å². The first-order valence-corrected chi connectivity index (χ1v) is 8.18. The van der Waals surface area contributed by atoms with E-state index in [1.165, 1.54) is 0 Å². The van der Waals surface area contributed by atoms with E-state index in [9.17, 15) is 4.79 Å². The molecular formula is C17H28N4O. The third-order valence-corrected chi connectivity index (χ3v) is 4.24. The number of nitrogens with zero attached hydrogens (tertiary/aromatic N) is 2. The molecule has 0 bridgehead atoms. The van der Waals surface area contributed by atoms with Gasteiger partial charge in [-0.3, -0.25) is 14.6 Å². The van der Waals surface area contributed by atoms with Crippen LogP contribution in [0.2, 0.25) is 0 Å². The van der Waals surface area contributed by atoms with E-state index in [0.29, 0.717) is 6.54 Å². The molecule has 0 spiro atoms. The number of hydrogen-bond acceptors (Lipinski definition) is 4. The quantitative estimate of drug-likeness (QED) is 0.778. The molecule has 5 heteroatoms. The fourth-order valence-corrected chi connectivity index (χ4v) is 2.79. The molecule has 22 heavy (non-hydrogen) atoms. The van der Waals surface area contributed by atoms with E-state index in [0.717, 1.165) is 44.8 Å². The van der Waals surface area contributed by atoms with Gasteiger partial charge in [0.1, 0.15) is 6.04 Å². The van der Waals surface area contributed by atoms with Gasteiger partial charge in [-0.1, -0.05) is 37.3 Å². The van der Waals surface area contributed by atoms with Gasteiger partial charge in [0.15, 0.2) is 0 Å². The highest BCUT2D eigenvalue weighted by atomic mass is 16.2. The van der Waals surface area contributed by atoms with Crippen molar-refractivity contribution in [2.24, 2.45) is 0 Å². The van der Waals surface area contributed by atoms with Gasteiger partial charge >= 0.3 is 0 Å². The van der Waals surface area contributed by atoms with Crippen LogP contribution in [0.15, 0.2) is 30.3 Å². The summed E-state index contributed by atoms with van der Waals surface area (Å²) < 4.78 is 0. The molecule has 1 amide bonds. The van der Waals surface area contributed by atoms with E-state index in [1.807, 2.05) is 37.4 Å². The Morgan fingerprint density at radius 3 is 2.64 bits per heavy atom. The number of benzene rings is 1. The molecule has 0 aromatic heterocycles. The van der Waals surface area contributed by atoms with Crippen LogP contribution >= 0.6 is 0 Å². The lowest BCUT2D eigenvalue weighted by molar-refractivity contribution is -0.126. The molecule has 1 aromatic rings. The standard InChI is InChI=1S/C17H28N4O/c1-3-20(2)16(15-7-5-4-6-8-15)17(22)19-11-14-21-12-9-18-10-13-21/h4-8,16,18H,3,9-14H2,1-2H3,(H,19,22). The minimum Gasteiger partial charge on any atom is -0.353 e. The van der Waals surface area contributed by atoms with Crippen molar-refractivity contribution in [3.05, 3.63) is 35.9 Å². The van der Waals surface area contributed by atoms with Crippen molar-refractivity contribution < 1.29 is 4.79 Å². The molecule has 1 fully saturated rings. The Morgan fingerprint density at radius 2 is 2.00 bits per heavy atom. The molecule has 1 aliphatic rings. The Morgan fingerprint density at radius 1 is 1.32 bits per heavy atom. The molecule has 1 atom stereocenters. The summed E-state index contributed by atoms with van der Waals surface area (Å²) >= 11 is 0. The highest BCUT2D eigenvalue weighted by Crippen LogP contribution is 2.18. The topological polar surface area (TPSA) is 47.6 Å². The van der Waals surface area contributed by atoms with Crippen molar-refractivity contribution in [3.8, 4) is 0 Å². The number of carbonyl (C=O) groups is 1. The zero-order chi connectivity index (χ0) is 15.8. The van der Waals surface area contributed by atoms with Crippen LogP contribution in [0.3, 0.4) is 0 Å². The third kappa shape index (κ3) is 4.80. The molecule has 2 rings (SSSR count). The van der Waals surface area contributed by atoms with Gasteiger partial charge in [-0.05, 0) is 19.2 Å². The molecule has 1 aromatic carbocycles. The molecule has 0 aliphatic carbocycles. The van der Waals surface area contributed by atoms with Crippen molar-refractivity contribution in [1.82, 2.24) is 20.4 Å². The highest BCUT2D eigenvalue weighted by molar-refractivity contribution is 5.83. The van der Waals surface area contributed by atoms with Gasteiger partial charge in [-0.2, -0.15) is 0 Å². The molecule has 0 saturated carbocycles. The largest absolute Gasteiger partial charge is 0.353 e. The van der Waals surface area contributed by atoms with Crippen LogP contribution in [0.4, 0.5) is 0 Å². The second-order valence-electron chi connectivity index (χ2n) is 5.77. The van der Waals surface area contributed by atoms with Gasteiger partial charge in [-0.25, -0.2) is 0 Å². The lowest BCUT2D eigenvalue weighted by atomic mass is 10.0. The van der Waals surface area contributed by atoms with Gasteiger partial charge in [0.05, 0.1) is 0 Å². The third-order valence-electron chi connectivity index (χ3n) is 4.24. The average molecular weight is 304 g/mol. The Balaban J connectivity index is 1.88. The minimum atomic E-state index is -0.214. The second kappa shape index (κ2) is 8.88. The molecule has 122 valence electrons. The molecule has 5 nitrogen and oxygen atoms in total. The fraction of sp³-hybridized carbons (Fsp3) is 0.588. The molecule has 1 saturated heterocycles. The fourth-order valence-electron chi connectivity index (χ4n) is 2.79. The van der Waals surface area contributed by atoms with Crippen LogP contribution in [0.25, 0.3) is 0 Å². The summed E-state index contributed by atoms with van der Waals surface area (Å²) in [4.78, 5) is 17.1.